The van der Waals surface area contributed by atoms with Gasteiger partial charge in [-0.25, -0.2) is 0 Å². The number of hydrogen-bond acceptors (Lipinski definition) is 4. The van der Waals surface area contributed by atoms with Crippen LogP contribution in [-0.4, -0.2) is 36.3 Å². The lowest BCUT2D eigenvalue weighted by atomic mass is 9.92. The topological polar surface area (TPSA) is 63.7 Å². The van der Waals surface area contributed by atoms with Crippen molar-refractivity contribution >= 4 is 17.8 Å². The van der Waals surface area contributed by atoms with Gasteiger partial charge in [0.2, 0.25) is 11.8 Å². The van der Waals surface area contributed by atoms with E-state index >= 15 is 0 Å². The Morgan fingerprint density at radius 1 is 1.50 bits per heavy atom. The van der Waals surface area contributed by atoms with E-state index in [1.54, 1.807) is 13.8 Å². The first-order chi connectivity index (χ1) is 6.38. The molecule has 0 radical (unpaired) electrons. The summed E-state index contributed by atoms with van der Waals surface area (Å²) in [5.41, 5.74) is -0.689. The van der Waals surface area contributed by atoms with Crippen molar-refractivity contribution in [1.82, 2.24) is 4.90 Å². The number of esters is 1. The molecule has 0 spiro atoms. The summed E-state index contributed by atoms with van der Waals surface area (Å²) in [6, 6.07) is 0. The van der Waals surface area contributed by atoms with E-state index in [0.717, 1.165) is 4.90 Å². The number of hydrogen-bond donors (Lipinski definition) is 0. The van der Waals surface area contributed by atoms with E-state index in [-0.39, 0.29) is 24.8 Å². The van der Waals surface area contributed by atoms with Crippen LogP contribution in [0.25, 0.3) is 0 Å². The molecular formula is C9H13NO4. The first-order valence-electron chi connectivity index (χ1n) is 4.30. The number of methoxy groups -OCH3 is 1. The molecule has 14 heavy (non-hydrogen) atoms. The average Bonchev–Trinajstić information content (AvgIpc) is 2.28. The molecule has 0 N–H and O–H groups in total. The lowest BCUT2D eigenvalue weighted by Crippen LogP contribution is -2.37. The monoisotopic (exact) mass is 199 g/mol. The SMILES string of the molecule is COC(=O)CN1C(=O)CC(C)(C)C1=O. The maximum atomic E-state index is 11.6. The molecule has 1 fully saturated rings. The number of carbonyl (C=O) groups excluding carboxylic acids is 3. The van der Waals surface area contributed by atoms with E-state index in [0.29, 0.717) is 0 Å². The zero-order chi connectivity index (χ0) is 10.9. The van der Waals surface area contributed by atoms with Crippen molar-refractivity contribution in [2.24, 2.45) is 5.41 Å². The van der Waals surface area contributed by atoms with E-state index in [1.165, 1.54) is 7.11 Å². The van der Waals surface area contributed by atoms with Crippen LogP contribution in [0.5, 0.6) is 0 Å². The molecule has 0 bridgehead atoms. The van der Waals surface area contributed by atoms with Crippen LogP contribution in [0.15, 0.2) is 0 Å². The van der Waals surface area contributed by atoms with Gasteiger partial charge >= 0.3 is 5.97 Å². The molecule has 0 atom stereocenters. The molecule has 0 aliphatic carbocycles. The largest absolute Gasteiger partial charge is 0.468 e. The van der Waals surface area contributed by atoms with E-state index in [9.17, 15) is 14.4 Å². The van der Waals surface area contributed by atoms with Gasteiger partial charge in [0.1, 0.15) is 6.54 Å². The molecule has 1 aliphatic heterocycles. The highest BCUT2D eigenvalue weighted by molar-refractivity contribution is 6.07. The van der Waals surface area contributed by atoms with E-state index in [2.05, 4.69) is 4.74 Å². The fourth-order valence-corrected chi connectivity index (χ4v) is 1.38. The molecule has 0 aromatic heterocycles. The molecule has 1 rings (SSSR count). The molecule has 0 aromatic rings. The van der Waals surface area contributed by atoms with Crippen LogP contribution in [0.3, 0.4) is 0 Å². The molecule has 1 heterocycles. The quantitative estimate of drug-likeness (QED) is 0.462. The molecule has 5 heteroatoms. The Balaban J connectivity index is 2.76. The highest BCUT2D eigenvalue weighted by atomic mass is 16.5. The second-order valence-corrected chi connectivity index (χ2v) is 3.92. The van der Waals surface area contributed by atoms with E-state index in [4.69, 9.17) is 0 Å². The number of nitrogens with zero attached hydrogens (tertiary/aromatic N) is 1. The third-order valence-corrected chi connectivity index (χ3v) is 2.23. The van der Waals surface area contributed by atoms with Crippen molar-refractivity contribution in [1.29, 1.82) is 0 Å². The number of rotatable bonds is 2. The van der Waals surface area contributed by atoms with Gasteiger partial charge in [-0.15, -0.1) is 0 Å². The van der Waals surface area contributed by atoms with Crippen LogP contribution in [0.1, 0.15) is 20.3 Å². The van der Waals surface area contributed by atoms with Crippen molar-refractivity contribution in [2.45, 2.75) is 20.3 Å². The molecule has 78 valence electrons. The van der Waals surface area contributed by atoms with Gasteiger partial charge in [-0.3, -0.25) is 19.3 Å². The first-order valence-corrected chi connectivity index (χ1v) is 4.30. The minimum absolute atomic E-state index is 0.156. The fraction of sp³-hybridized carbons (Fsp3) is 0.667. The van der Waals surface area contributed by atoms with Gasteiger partial charge in [-0.2, -0.15) is 0 Å². The van der Waals surface area contributed by atoms with Crippen molar-refractivity contribution in [3.8, 4) is 0 Å². The standard InChI is InChI=1S/C9H13NO4/c1-9(2)4-6(11)10(8(9)13)5-7(12)14-3/h4-5H2,1-3H3. The Morgan fingerprint density at radius 2 is 2.07 bits per heavy atom. The molecular weight excluding hydrogens is 186 g/mol. The van der Waals surface area contributed by atoms with Crippen molar-refractivity contribution in [3.05, 3.63) is 0 Å². The number of likely N-dealkylation sites (tertiary alicyclic amines) is 1. The molecule has 0 saturated carbocycles. The second-order valence-electron chi connectivity index (χ2n) is 3.92. The van der Waals surface area contributed by atoms with Gasteiger partial charge in [0.15, 0.2) is 0 Å². The fourth-order valence-electron chi connectivity index (χ4n) is 1.38. The van der Waals surface area contributed by atoms with Crippen molar-refractivity contribution in [3.63, 3.8) is 0 Å². The average molecular weight is 199 g/mol. The third-order valence-electron chi connectivity index (χ3n) is 2.23. The number of amides is 2. The highest BCUT2D eigenvalue weighted by Gasteiger charge is 2.45. The van der Waals surface area contributed by atoms with Crippen LogP contribution in [0, 0.1) is 5.41 Å². The summed E-state index contributed by atoms with van der Waals surface area (Å²) < 4.78 is 4.39. The molecule has 2 amide bonds. The van der Waals surface area contributed by atoms with Gasteiger partial charge < -0.3 is 4.74 Å². The Hall–Kier alpha value is -1.39. The number of ether oxygens (including phenoxy) is 1. The van der Waals surface area contributed by atoms with E-state index < -0.39 is 11.4 Å². The minimum atomic E-state index is -0.689. The Bertz CT molecular complexity index is 295. The predicted octanol–water partition coefficient (Wildman–Crippen LogP) is -0.0555. The molecule has 1 aliphatic rings. The first kappa shape index (κ1) is 10.7. The molecule has 0 unspecified atom stereocenters. The van der Waals surface area contributed by atoms with Gasteiger partial charge in [0.25, 0.3) is 0 Å². The smallest absolute Gasteiger partial charge is 0.325 e. The summed E-state index contributed by atoms with van der Waals surface area (Å²) in [5.74, 6) is -1.21. The summed E-state index contributed by atoms with van der Waals surface area (Å²) in [5, 5.41) is 0. The normalized spacial score (nSPS) is 20.1. The summed E-state index contributed by atoms with van der Waals surface area (Å²) >= 11 is 0. The Morgan fingerprint density at radius 3 is 2.43 bits per heavy atom. The highest BCUT2D eigenvalue weighted by Crippen LogP contribution is 2.31. The lowest BCUT2D eigenvalue weighted by Gasteiger charge is -2.16. The van der Waals surface area contributed by atoms with Gasteiger partial charge in [-0.1, -0.05) is 13.8 Å². The Kier molecular flexibility index (Phi) is 2.59. The summed E-state index contributed by atoms with van der Waals surface area (Å²) in [6.45, 7) is 3.09. The number of carbonyl (C=O) groups is 3. The summed E-state index contributed by atoms with van der Waals surface area (Å²) in [4.78, 5) is 34.8. The van der Waals surface area contributed by atoms with Crippen LogP contribution >= 0.6 is 0 Å². The minimum Gasteiger partial charge on any atom is -0.468 e. The number of imide groups is 1. The summed E-state index contributed by atoms with van der Waals surface area (Å²) in [7, 11) is 1.22. The molecule has 1 saturated heterocycles. The molecule has 5 nitrogen and oxygen atoms in total. The zero-order valence-electron chi connectivity index (χ0n) is 8.49. The van der Waals surface area contributed by atoms with Crippen LogP contribution in [0.2, 0.25) is 0 Å². The van der Waals surface area contributed by atoms with Gasteiger partial charge in [0, 0.05) is 6.42 Å². The van der Waals surface area contributed by atoms with Crippen molar-refractivity contribution < 1.29 is 19.1 Å². The maximum absolute atomic E-state index is 11.6. The van der Waals surface area contributed by atoms with Gasteiger partial charge in [0.05, 0.1) is 12.5 Å². The van der Waals surface area contributed by atoms with Crippen LogP contribution < -0.4 is 0 Å². The third kappa shape index (κ3) is 1.76. The molecule has 0 aromatic carbocycles. The second kappa shape index (κ2) is 3.40. The Labute approximate surface area is 82.0 Å². The van der Waals surface area contributed by atoms with E-state index in [1.807, 2.05) is 0 Å². The summed E-state index contributed by atoms with van der Waals surface area (Å²) in [6.07, 6.45) is 0.156. The predicted molar refractivity (Wildman–Crippen MR) is 47.1 cm³/mol. The lowest BCUT2D eigenvalue weighted by molar-refractivity contribution is -0.151. The van der Waals surface area contributed by atoms with Crippen molar-refractivity contribution in [2.75, 3.05) is 13.7 Å². The zero-order valence-corrected chi connectivity index (χ0v) is 8.49. The van der Waals surface area contributed by atoms with Crippen LogP contribution in [0.4, 0.5) is 0 Å². The van der Waals surface area contributed by atoms with Crippen LogP contribution in [-0.2, 0) is 19.1 Å². The maximum Gasteiger partial charge on any atom is 0.325 e. The van der Waals surface area contributed by atoms with Gasteiger partial charge in [-0.05, 0) is 0 Å².